The van der Waals surface area contributed by atoms with Gasteiger partial charge in [-0.25, -0.2) is 0 Å². The van der Waals surface area contributed by atoms with E-state index in [1.165, 1.54) is 0 Å². The molecule has 1 amide bonds. The lowest BCUT2D eigenvalue weighted by Gasteiger charge is -2.18. The summed E-state index contributed by atoms with van der Waals surface area (Å²) >= 11 is 0. The van der Waals surface area contributed by atoms with Crippen molar-refractivity contribution in [1.82, 2.24) is 20.4 Å². The van der Waals surface area contributed by atoms with Crippen molar-refractivity contribution < 1.29 is 13.9 Å². The molecule has 0 bridgehead atoms. The second kappa shape index (κ2) is 7.21. The van der Waals surface area contributed by atoms with Crippen molar-refractivity contribution in [2.75, 3.05) is 14.2 Å². The molecule has 0 fully saturated rings. The highest BCUT2D eigenvalue weighted by atomic mass is 16.5. The van der Waals surface area contributed by atoms with Crippen molar-refractivity contribution in [2.24, 2.45) is 7.05 Å². The minimum atomic E-state index is -0.476. The number of nitrogens with one attached hydrogen (secondary N) is 2. The number of benzene rings is 1. The molecule has 0 saturated carbocycles. The fourth-order valence-electron chi connectivity index (χ4n) is 3.16. The van der Waals surface area contributed by atoms with Crippen molar-refractivity contribution in [3.8, 4) is 5.75 Å². The van der Waals surface area contributed by atoms with E-state index >= 15 is 0 Å². The van der Waals surface area contributed by atoms with E-state index in [2.05, 4.69) is 15.7 Å². The molecule has 0 saturated heterocycles. The number of amides is 1. The molecular weight excluding hydrogens is 332 g/mol. The third-order valence-corrected chi connectivity index (χ3v) is 4.54. The highest BCUT2D eigenvalue weighted by Gasteiger charge is 2.24. The summed E-state index contributed by atoms with van der Waals surface area (Å²) in [5.74, 6) is 1.38. The van der Waals surface area contributed by atoms with Crippen molar-refractivity contribution >= 4 is 16.9 Å². The second-order valence-electron chi connectivity index (χ2n) is 6.35. The zero-order chi connectivity index (χ0) is 18.8. The summed E-state index contributed by atoms with van der Waals surface area (Å²) in [5.41, 5.74) is 2.58. The predicted octanol–water partition coefficient (Wildman–Crippen LogP) is 2.62. The van der Waals surface area contributed by atoms with E-state index in [-0.39, 0.29) is 11.9 Å². The number of furan rings is 1. The van der Waals surface area contributed by atoms with Gasteiger partial charge in [0.15, 0.2) is 0 Å². The third-order valence-electron chi connectivity index (χ3n) is 4.54. The number of likely N-dealkylation sites (N-methyl/N-ethyl adjacent to an activating group) is 1. The average Bonchev–Trinajstić information content (AvgIpc) is 3.19. The van der Waals surface area contributed by atoms with Gasteiger partial charge in [-0.05, 0) is 39.1 Å². The number of aryl methyl sites for hydroxylation is 2. The Bertz CT molecular complexity index is 928. The molecule has 7 heteroatoms. The monoisotopic (exact) mass is 356 g/mol. The van der Waals surface area contributed by atoms with Crippen LogP contribution in [0.5, 0.6) is 5.75 Å². The largest absolute Gasteiger partial charge is 0.497 e. The van der Waals surface area contributed by atoms with E-state index in [9.17, 15) is 4.79 Å². The van der Waals surface area contributed by atoms with Gasteiger partial charge in [-0.2, -0.15) is 5.10 Å². The predicted molar refractivity (Wildman–Crippen MR) is 99.1 cm³/mol. The topological polar surface area (TPSA) is 81.3 Å². The molecule has 2 heterocycles. The normalized spacial score (nSPS) is 13.6. The van der Waals surface area contributed by atoms with Crippen LogP contribution in [0.2, 0.25) is 0 Å². The number of fused-ring (bicyclic) bond motifs is 1. The molecule has 2 unspecified atom stereocenters. The molecule has 0 aliphatic rings. The lowest BCUT2D eigenvalue weighted by molar-refractivity contribution is -0.123. The molecule has 26 heavy (non-hydrogen) atoms. The van der Waals surface area contributed by atoms with Gasteiger partial charge >= 0.3 is 0 Å². The Morgan fingerprint density at radius 1 is 1.38 bits per heavy atom. The molecule has 3 rings (SSSR count). The number of hydrogen-bond donors (Lipinski definition) is 2. The molecule has 3 aromatic rings. The second-order valence-corrected chi connectivity index (χ2v) is 6.35. The van der Waals surface area contributed by atoms with Gasteiger partial charge in [0.05, 0.1) is 19.3 Å². The van der Waals surface area contributed by atoms with Gasteiger partial charge in [-0.1, -0.05) is 0 Å². The Morgan fingerprint density at radius 2 is 2.15 bits per heavy atom. The van der Waals surface area contributed by atoms with Crippen LogP contribution in [-0.2, 0) is 11.8 Å². The highest BCUT2D eigenvalue weighted by Crippen LogP contribution is 2.32. The smallest absolute Gasteiger partial charge is 0.242 e. The van der Waals surface area contributed by atoms with Crippen molar-refractivity contribution in [2.45, 2.75) is 25.9 Å². The lowest BCUT2D eigenvalue weighted by Crippen LogP contribution is -2.37. The Kier molecular flexibility index (Phi) is 4.99. The van der Waals surface area contributed by atoms with Gasteiger partial charge < -0.3 is 19.8 Å². The summed E-state index contributed by atoms with van der Waals surface area (Å²) in [6.45, 7) is 3.90. The zero-order valence-corrected chi connectivity index (χ0v) is 15.7. The van der Waals surface area contributed by atoms with E-state index in [0.717, 1.165) is 33.6 Å². The molecule has 2 atom stereocenters. The van der Waals surface area contributed by atoms with Crippen LogP contribution in [0.25, 0.3) is 11.0 Å². The maximum absolute atomic E-state index is 12.7. The number of aromatic nitrogens is 2. The number of nitrogens with zero attached hydrogens (tertiary/aromatic N) is 2. The molecule has 0 radical (unpaired) electrons. The Morgan fingerprint density at radius 3 is 2.77 bits per heavy atom. The molecule has 2 N–H and O–H groups in total. The van der Waals surface area contributed by atoms with Crippen LogP contribution in [-0.4, -0.2) is 29.8 Å². The quantitative estimate of drug-likeness (QED) is 0.710. The lowest BCUT2D eigenvalue weighted by atomic mass is 10.1. The first-order valence-electron chi connectivity index (χ1n) is 8.47. The van der Waals surface area contributed by atoms with Crippen molar-refractivity contribution in [3.63, 3.8) is 0 Å². The molecule has 138 valence electrons. The van der Waals surface area contributed by atoms with E-state index in [1.54, 1.807) is 25.0 Å². The zero-order valence-electron chi connectivity index (χ0n) is 15.7. The van der Waals surface area contributed by atoms with Crippen LogP contribution in [0.3, 0.4) is 0 Å². The fourth-order valence-corrected chi connectivity index (χ4v) is 3.16. The fraction of sp³-hybridized carbons (Fsp3) is 0.368. The van der Waals surface area contributed by atoms with Gasteiger partial charge in [0.2, 0.25) is 5.91 Å². The number of rotatable bonds is 6. The van der Waals surface area contributed by atoms with E-state index in [0.29, 0.717) is 0 Å². The summed E-state index contributed by atoms with van der Waals surface area (Å²) in [6, 6.07) is 4.94. The minimum absolute atomic E-state index is 0.134. The molecule has 1 aromatic carbocycles. The number of methoxy groups -OCH3 is 1. The molecule has 7 nitrogen and oxygen atoms in total. The van der Waals surface area contributed by atoms with E-state index < -0.39 is 6.04 Å². The van der Waals surface area contributed by atoms with Crippen LogP contribution in [0.15, 0.2) is 35.0 Å². The van der Waals surface area contributed by atoms with Crippen LogP contribution in [0.1, 0.15) is 35.9 Å². The van der Waals surface area contributed by atoms with Gasteiger partial charge in [0.1, 0.15) is 23.1 Å². The SMILES string of the molecule is CNC(C(=O)NC(C)c1oc2ccc(OC)cc2c1C)c1cnn(C)c1. The van der Waals surface area contributed by atoms with E-state index in [4.69, 9.17) is 9.15 Å². The third kappa shape index (κ3) is 3.30. The van der Waals surface area contributed by atoms with Gasteiger partial charge in [0.25, 0.3) is 0 Å². The Balaban J connectivity index is 1.82. The van der Waals surface area contributed by atoms with E-state index in [1.807, 2.05) is 45.3 Å². The van der Waals surface area contributed by atoms with Crippen LogP contribution < -0.4 is 15.4 Å². The molecule has 0 aliphatic carbocycles. The van der Waals surface area contributed by atoms with Crippen molar-refractivity contribution in [3.05, 3.63) is 47.5 Å². The Labute approximate surface area is 152 Å². The standard InChI is InChI=1S/C19H24N4O3/c1-11-15-8-14(25-5)6-7-16(15)26-18(11)12(2)22-19(24)17(20-3)13-9-21-23(4)10-13/h6-10,12,17,20H,1-5H3,(H,22,24). The summed E-state index contributed by atoms with van der Waals surface area (Å²) in [5, 5.41) is 11.2. The average molecular weight is 356 g/mol. The van der Waals surface area contributed by atoms with Crippen LogP contribution >= 0.6 is 0 Å². The van der Waals surface area contributed by atoms with Gasteiger partial charge in [0, 0.05) is 29.8 Å². The summed E-state index contributed by atoms with van der Waals surface area (Å²) in [4.78, 5) is 12.7. The highest BCUT2D eigenvalue weighted by molar-refractivity contribution is 5.85. The molecular formula is C19H24N4O3. The maximum atomic E-state index is 12.7. The van der Waals surface area contributed by atoms with Crippen molar-refractivity contribution in [1.29, 1.82) is 0 Å². The molecule has 0 spiro atoms. The molecule has 0 aliphatic heterocycles. The first-order valence-corrected chi connectivity index (χ1v) is 8.47. The Hall–Kier alpha value is -2.80. The maximum Gasteiger partial charge on any atom is 0.242 e. The van der Waals surface area contributed by atoms with Crippen LogP contribution in [0, 0.1) is 6.92 Å². The summed E-state index contributed by atoms with van der Waals surface area (Å²) in [6.07, 6.45) is 3.51. The first-order chi connectivity index (χ1) is 12.4. The summed E-state index contributed by atoms with van der Waals surface area (Å²) in [7, 11) is 5.21. The van der Waals surface area contributed by atoms with Crippen LogP contribution in [0.4, 0.5) is 0 Å². The summed E-state index contributed by atoms with van der Waals surface area (Å²) < 4.78 is 12.9. The first kappa shape index (κ1) is 18.0. The van der Waals surface area contributed by atoms with Gasteiger partial charge in [-0.3, -0.25) is 9.48 Å². The number of carbonyl (C=O) groups is 1. The number of hydrogen-bond acceptors (Lipinski definition) is 5. The number of carbonyl (C=O) groups excluding carboxylic acids is 1. The van der Waals surface area contributed by atoms with Gasteiger partial charge in [-0.15, -0.1) is 0 Å². The minimum Gasteiger partial charge on any atom is -0.497 e. The molecule has 2 aromatic heterocycles. The number of ether oxygens (including phenoxy) is 1.